The number of hydrogen-bond acceptors (Lipinski definition) is 4. The highest BCUT2D eigenvalue weighted by atomic mass is 16.5. The van der Waals surface area contributed by atoms with Crippen molar-refractivity contribution < 1.29 is 14.3 Å². The Balaban J connectivity index is 1.57. The van der Waals surface area contributed by atoms with Crippen molar-refractivity contribution in [2.45, 2.75) is 26.7 Å². The largest absolute Gasteiger partial charge is 0.452 e. The number of benzene rings is 3. The van der Waals surface area contributed by atoms with E-state index in [0.29, 0.717) is 17.8 Å². The zero-order valence-electron chi connectivity index (χ0n) is 18.1. The van der Waals surface area contributed by atoms with Crippen molar-refractivity contribution in [1.82, 2.24) is 5.32 Å². The van der Waals surface area contributed by atoms with Crippen LogP contribution in [0, 0.1) is 13.8 Å². The first-order valence-corrected chi connectivity index (χ1v) is 10.4. The molecule has 0 radical (unpaired) electrons. The van der Waals surface area contributed by atoms with Crippen LogP contribution in [-0.2, 0) is 9.53 Å². The SMILES string of the molecule is Cc1cccc(Nc2ccccc2C(=O)OCC(=O)NC[C@@H](C)c2ccccc2)c1C. The van der Waals surface area contributed by atoms with Gasteiger partial charge in [0.15, 0.2) is 6.61 Å². The van der Waals surface area contributed by atoms with Crippen LogP contribution in [0.4, 0.5) is 11.4 Å². The number of carbonyl (C=O) groups excluding carboxylic acids is 2. The number of nitrogens with one attached hydrogen (secondary N) is 2. The highest BCUT2D eigenvalue weighted by Gasteiger charge is 2.15. The number of hydrogen-bond donors (Lipinski definition) is 2. The second-order valence-electron chi connectivity index (χ2n) is 7.61. The van der Waals surface area contributed by atoms with Crippen LogP contribution in [0.15, 0.2) is 72.8 Å². The number of rotatable bonds is 8. The van der Waals surface area contributed by atoms with Gasteiger partial charge in [-0.1, -0.05) is 61.5 Å². The molecule has 160 valence electrons. The van der Waals surface area contributed by atoms with E-state index in [0.717, 1.165) is 22.4 Å². The first kappa shape index (κ1) is 22.1. The monoisotopic (exact) mass is 416 g/mol. The van der Waals surface area contributed by atoms with Crippen LogP contribution >= 0.6 is 0 Å². The summed E-state index contributed by atoms with van der Waals surface area (Å²) in [6, 6.07) is 23.0. The van der Waals surface area contributed by atoms with E-state index in [9.17, 15) is 9.59 Å². The van der Waals surface area contributed by atoms with Gasteiger partial charge in [0.1, 0.15) is 0 Å². The molecule has 0 saturated carbocycles. The Bertz CT molecular complexity index is 1050. The lowest BCUT2D eigenvalue weighted by Crippen LogP contribution is -2.31. The maximum atomic E-state index is 12.6. The molecule has 1 amide bonds. The third-order valence-corrected chi connectivity index (χ3v) is 5.33. The molecular weight excluding hydrogens is 388 g/mol. The Labute approximate surface area is 183 Å². The minimum absolute atomic E-state index is 0.170. The van der Waals surface area contributed by atoms with Gasteiger partial charge in [-0.05, 0) is 54.7 Å². The highest BCUT2D eigenvalue weighted by molar-refractivity contribution is 5.97. The van der Waals surface area contributed by atoms with Gasteiger partial charge < -0.3 is 15.4 Å². The number of anilines is 2. The predicted octanol–water partition coefficient (Wildman–Crippen LogP) is 5.12. The number of ether oxygens (including phenoxy) is 1. The number of carbonyl (C=O) groups is 2. The summed E-state index contributed by atoms with van der Waals surface area (Å²) in [7, 11) is 0. The molecular formula is C26H28N2O3. The van der Waals surface area contributed by atoms with Crippen molar-refractivity contribution in [2.24, 2.45) is 0 Å². The average molecular weight is 417 g/mol. The predicted molar refractivity (Wildman–Crippen MR) is 124 cm³/mol. The molecule has 3 rings (SSSR count). The fourth-order valence-electron chi connectivity index (χ4n) is 3.23. The van der Waals surface area contributed by atoms with Gasteiger partial charge in [0.05, 0.1) is 11.3 Å². The van der Waals surface area contributed by atoms with Crippen molar-refractivity contribution in [1.29, 1.82) is 0 Å². The van der Waals surface area contributed by atoms with E-state index in [4.69, 9.17) is 4.74 Å². The first-order chi connectivity index (χ1) is 15.0. The molecule has 0 heterocycles. The fourth-order valence-corrected chi connectivity index (χ4v) is 3.23. The van der Waals surface area contributed by atoms with Gasteiger partial charge in [0.2, 0.25) is 0 Å². The Morgan fingerprint density at radius 1 is 0.871 bits per heavy atom. The maximum Gasteiger partial charge on any atom is 0.340 e. The summed E-state index contributed by atoms with van der Waals surface area (Å²) in [5, 5.41) is 6.13. The van der Waals surface area contributed by atoms with E-state index < -0.39 is 5.97 Å². The molecule has 0 aliphatic heterocycles. The molecule has 0 aliphatic carbocycles. The van der Waals surface area contributed by atoms with Crippen LogP contribution in [0.2, 0.25) is 0 Å². The molecule has 0 spiro atoms. The number of amides is 1. The topological polar surface area (TPSA) is 67.4 Å². The van der Waals surface area contributed by atoms with Gasteiger partial charge in [-0.3, -0.25) is 4.79 Å². The van der Waals surface area contributed by atoms with E-state index in [2.05, 4.69) is 10.6 Å². The number of para-hydroxylation sites is 1. The lowest BCUT2D eigenvalue weighted by molar-refractivity contribution is -0.124. The Morgan fingerprint density at radius 3 is 2.32 bits per heavy atom. The molecule has 3 aromatic rings. The van der Waals surface area contributed by atoms with Crippen molar-refractivity contribution >= 4 is 23.3 Å². The van der Waals surface area contributed by atoms with Gasteiger partial charge in [-0.25, -0.2) is 4.79 Å². The van der Waals surface area contributed by atoms with E-state index in [1.165, 1.54) is 0 Å². The fraction of sp³-hybridized carbons (Fsp3) is 0.231. The number of aryl methyl sites for hydroxylation is 1. The zero-order chi connectivity index (χ0) is 22.2. The average Bonchev–Trinajstić information content (AvgIpc) is 2.79. The van der Waals surface area contributed by atoms with Crippen LogP contribution in [0.5, 0.6) is 0 Å². The van der Waals surface area contributed by atoms with Crippen LogP contribution in [0.25, 0.3) is 0 Å². The molecule has 5 nitrogen and oxygen atoms in total. The summed E-state index contributed by atoms with van der Waals surface area (Å²) in [5.41, 5.74) is 5.36. The summed E-state index contributed by atoms with van der Waals surface area (Å²) in [6.07, 6.45) is 0. The molecule has 5 heteroatoms. The van der Waals surface area contributed by atoms with Crippen LogP contribution in [-0.4, -0.2) is 25.0 Å². The molecule has 2 N–H and O–H groups in total. The Morgan fingerprint density at radius 2 is 1.55 bits per heavy atom. The summed E-state index contributed by atoms with van der Waals surface area (Å²) in [4.78, 5) is 24.8. The lowest BCUT2D eigenvalue weighted by Gasteiger charge is -2.15. The lowest BCUT2D eigenvalue weighted by atomic mass is 10.0. The van der Waals surface area contributed by atoms with Crippen LogP contribution < -0.4 is 10.6 Å². The van der Waals surface area contributed by atoms with Crippen molar-refractivity contribution in [3.05, 3.63) is 95.1 Å². The summed E-state index contributed by atoms with van der Waals surface area (Å²) < 4.78 is 5.27. The van der Waals surface area contributed by atoms with Gasteiger partial charge in [-0.15, -0.1) is 0 Å². The smallest absolute Gasteiger partial charge is 0.340 e. The van der Waals surface area contributed by atoms with Crippen LogP contribution in [0.1, 0.15) is 39.9 Å². The third-order valence-electron chi connectivity index (χ3n) is 5.33. The summed E-state index contributed by atoms with van der Waals surface area (Å²) in [5.74, 6) is -0.695. The maximum absolute atomic E-state index is 12.6. The van der Waals surface area contributed by atoms with Crippen molar-refractivity contribution in [3.8, 4) is 0 Å². The minimum Gasteiger partial charge on any atom is -0.452 e. The Kier molecular flexibility index (Phi) is 7.44. The van der Waals surface area contributed by atoms with Crippen molar-refractivity contribution in [3.63, 3.8) is 0 Å². The summed E-state index contributed by atoms with van der Waals surface area (Å²) >= 11 is 0. The van der Waals surface area contributed by atoms with E-state index in [1.54, 1.807) is 12.1 Å². The zero-order valence-corrected chi connectivity index (χ0v) is 18.1. The molecule has 3 aromatic carbocycles. The van der Waals surface area contributed by atoms with E-state index >= 15 is 0 Å². The second kappa shape index (κ2) is 10.4. The molecule has 0 bridgehead atoms. The molecule has 0 aliphatic rings. The van der Waals surface area contributed by atoms with Crippen molar-refractivity contribution in [2.75, 3.05) is 18.5 Å². The van der Waals surface area contributed by atoms with Gasteiger partial charge in [-0.2, -0.15) is 0 Å². The minimum atomic E-state index is -0.542. The molecule has 0 saturated heterocycles. The standard InChI is InChI=1S/C26H28N2O3/c1-18-10-9-15-23(20(18)3)28-24-14-8-7-13-22(24)26(30)31-17-25(29)27-16-19(2)21-11-5-4-6-12-21/h4-15,19,28H,16-17H2,1-3H3,(H,27,29)/t19-/m1/s1. The summed E-state index contributed by atoms with van der Waals surface area (Å²) in [6.45, 7) is 6.26. The highest BCUT2D eigenvalue weighted by Crippen LogP contribution is 2.25. The van der Waals surface area contributed by atoms with Crippen LogP contribution in [0.3, 0.4) is 0 Å². The van der Waals surface area contributed by atoms with E-state index in [-0.39, 0.29) is 18.4 Å². The van der Waals surface area contributed by atoms with Gasteiger partial charge >= 0.3 is 5.97 Å². The molecule has 0 fully saturated rings. The normalized spacial score (nSPS) is 11.5. The molecule has 1 atom stereocenters. The van der Waals surface area contributed by atoms with E-state index in [1.807, 2.05) is 81.4 Å². The van der Waals surface area contributed by atoms with Gasteiger partial charge in [0, 0.05) is 12.2 Å². The molecule has 31 heavy (non-hydrogen) atoms. The second-order valence-corrected chi connectivity index (χ2v) is 7.61. The first-order valence-electron chi connectivity index (χ1n) is 10.4. The third kappa shape index (κ3) is 5.95. The molecule has 0 aromatic heterocycles. The molecule has 0 unspecified atom stereocenters. The number of esters is 1. The van der Waals surface area contributed by atoms with Gasteiger partial charge in [0.25, 0.3) is 5.91 Å². The Hall–Kier alpha value is -3.60. The quantitative estimate of drug-likeness (QED) is 0.500.